The van der Waals surface area contributed by atoms with E-state index in [9.17, 15) is 14.7 Å². The van der Waals surface area contributed by atoms with E-state index in [2.05, 4.69) is 5.32 Å². The molecule has 5 heteroatoms. The van der Waals surface area contributed by atoms with Gasteiger partial charge in [0.2, 0.25) is 5.91 Å². The molecule has 0 saturated carbocycles. The summed E-state index contributed by atoms with van der Waals surface area (Å²) in [4.78, 5) is 25.2. The van der Waals surface area contributed by atoms with E-state index in [1.807, 2.05) is 11.8 Å². The van der Waals surface area contributed by atoms with E-state index in [1.165, 1.54) is 0 Å². The van der Waals surface area contributed by atoms with Crippen LogP contribution in [-0.2, 0) is 9.59 Å². The van der Waals surface area contributed by atoms with E-state index in [-0.39, 0.29) is 5.91 Å². The monoisotopic (exact) mass is 254 g/mol. The molecule has 2 aliphatic heterocycles. The van der Waals surface area contributed by atoms with E-state index in [4.69, 9.17) is 0 Å². The van der Waals surface area contributed by atoms with Crippen molar-refractivity contribution in [1.82, 2.24) is 10.2 Å². The Hall–Kier alpha value is -1.10. The molecule has 1 amide bonds. The number of aliphatic carboxylic acids is 1. The van der Waals surface area contributed by atoms with Crippen molar-refractivity contribution in [3.8, 4) is 0 Å². The minimum absolute atomic E-state index is 0.191. The Morgan fingerprint density at radius 2 is 1.94 bits per heavy atom. The summed E-state index contributed by atoms with van der Waals surface area (Å²) in [6.45, 7) is 4.99. The molecular weight excluding hydrogens is 232 g/mol. The smallest absolute Gasteiger partial charge is 0.309 e. The second-order valence-corrected chi connectivity index (χ2v) is 5.55. The Morgan fingerprint density at radius 3 is 2.33 bits per heavy atom. The number of rotatable bonds is 4. The van der Waals surface area contributed by atoms with Crippen LogP contribution in [0.4, 0.5) is 0 Å². The first-order valence-corrected chi connectivity index (χ1v) is 6.79. The Kier molecular flexibility index (Phi) is 3.90. The fourth-order valence-electron chi connectivity index (χ4n) is 2.77. The Morgan fingerprint density at radius 1 is 1.33 bits per heavy atom. The van der Waals surface area contributed by atoms with Crippen molar-refractivity contribution in [3.05, 3.63) is 0 Å². The third-order valence-corrected chi connectivity index (χ3v) is 4.53. The van der Waals surface area contributed by atoms with Crippen LogP contribution < -0.4 is 5.32 Å². The number of nitrogens with one attached hydrogen (secondary N) is 1. The van der Waals surface area contributed by atoms with Crippen LogP contribution in [0.25, 0.3) is 0 Å². The predicted molar refractivity (Wildman–Crippen MR) is 67.2 cm³/mol. The zero-order chi connectivity index (χ0) is 13.2. The zero-order valence-electron chi connectivity index (χ0n) is 10.9. The fourth-order valence-corrected chi connectivity index (χ4v) is 2.77. The third-order valence-electron chi connectivity index (χ3n) is 4.53. The highest BCUT2D eigenvalue weighted by atomic mass is 16.4. The highest BCUT2D eigenvalue weighted by molar-refractivity contribution is 5.78. The van der Waals surface area contributed by atoms with Gasteiger partial charge in [0.05, 0.1) is 5.41 Å². The van der Waals surface area contributed by atoms with Crippen LogP contribution in [0, 0.1) is 11.3 Å². The number of carbonyl (C=O) groups excluding carboxylic acids is 1. The van der Waals surface area contributed by atoms with Gasteiger partial charge in [0.15, 0.2) is 0 Å². The molecule has 0 radical (unpaired) electrons. The first-order valence-electron chi connectivity index (χ1n) is 6.79. The van der Waals surface area contributed by atoms with Gasteiger partial charge in [-0.25, -0.2) is 0 Å². The molecule has 0 bridgehead atoms. The Bertz CT molecular complexity index is 331. The van der Waals surface area contributed by atoms with Crippen molar-refractivity contribution in [2.75, 3.05) is 26.2 Å². The number of likely N-dealkylation sites (tertiary alicyclic amines) is 1. The average Bonchev–Trinajstić information content (AvgIpc) is 2.33. The topological polar surface area (TPSA) is 69.6 Å². The van der Waals surface area contributed by atoms with Crippen molar-refractivity contribution >= 4 is 11.9 Å². The maximum absolute atomic E-state index is 12.0. The number of piperidine rings is 1. The number of amides is 1. The van der Waals surface area contributed by atoms with Crippen LogP contribution in [0.5, 0.6) is 0 Å². The van der Waals surface area contributed by atoms with E-state index >= 15 is 0 Å². The lowest BCUT2D eigenvalue weighted by molar-refractivity contribution is -0.154. The van der Waals surface area contributed by atoms with Crippen molar-refractivity contribution in [3.63, 3.8) is 0 Å². The minimum Gasteiger partial charge on any atom is -0.481 e. The molecule has 0 spiro atoms. The van der Waals surface area contributed by atoms with Gasteiger partial charge in [-0.15, -0.1) is 0 Å². The molecule has 2 fully saturated rings. The molecule has 2 saturated heterocycles. The summed E-state index contributed by atoms with van der Waals surface area (Å²) in [6.07, 6.45) is 2.44. The lowest BCUT2D eigenvalue weighted by atomic mass is 9.76. The predicted octanol–water partition coefficient (Wildman–Crippen LogP) is 0.699. The van der Waals surface area contributed by atoms with E-state index in [0.717, 1.165) is 13.1 Å². The van der Waals surface area contributed by atoms with Gasteiger partial charge >= 0.3 is 5.97 Å². The molecule has 0 aromatic heterocycles. The molecule has 0 aromatic rings. The number of hydrogen-bond donors (Lipinski definition) is 2. The van der Waals surface area contributed by atoms with Gasteiger partial charge < -0.3 is 15.3 Å². The summed E-state index contributed by atoms with van der Waals surface area (Å²) >= 11 is 0. The number of carboxylic acid groups (broad SMARTS) is 1. The standard InChI is InChI=1S/C13H22N2O3/c1-2-13(12(17)18)3-5-15(6-4-13)11(16)7-10-8-14-9-10/h10,14H,2-9H2,1H3,(H,17,18). The Balaban J connectivity index is 1.85. The van der Waals surface area contributed by atoms with Gasteiger partial charge in [0.25, 0.3) is 0 Å². The van der Waals surface area contributed by atoms with E-state index in [0.29, 0.717) is 44.7 Å². The molecule has 0 aliphatic carbocycles. The molecule has 2 rings (SSSR count). The second kappa shape index (κ2) is 5.26. The summed E-state index contributed by atoms with van der Waals surface area (Å²) in [5.74, 6) is -0.0354. The van der Waals surface area contributed by atoms with Crippen LogP contribution >= 0.6 is 0 Å². The molecule has 2 heterocycles. The van der Waals surface area contributed by atoms with Crippen LogP contribution in [0.1, 0.15) is 32.6 Å². The highest BCUT2D eigenvalue weighted by Gasteiger charge is 2.41. The van der Waals surface area contributed by atoms with Crippen molar-refractivity contribution < 1.29 is 14.7 Å². The molecule has 0 atom stereocenters. The molecule has 18 heavy (non-hydrogen) atoms. The Labute approximate surface area is 108 Å². The third kappa shape index (κ3) is 2.51. The number of carbonyl (C=O) groups is 2. The van der Waals surface area contributed by atoms with Gasteiger partial charge in [-0.2, -0.15) is 0 Å². The summed E-state index contributed by atoms with van der Waals surface area (Å²) in [5.41, 5.74) is -0.602. The lowest BCUT2D eigenvalue weighted by Crippen LogP contribution is -2.49. The quantitative estimate of drug-likeness (QED) is 0.775. The number of carboxylic acids is 1. The van der Waals surface area contributed by atoms with Crippen molar-refractivity contribution in [1.29, 1.82) is 0 Å². The average molecular weight is 254 g/mol. The maximum atomic E-state index is 12.0. The zero-order valence-corrected chi connectivity index (χ0v) is 10.9. The van der Waals surface area contributed by atoms with Gasteiger partial charge in [-0.05, 0) is 38.3 Å². The summed E-state index contributed by atoms with van der Waals surface area (Å²) in [6, 6.07) is 0. The first kappa shape index (κ1) is 13.3. The van der Waals surface area contributed by atoms with Crippen LogP contribution in [0.3, 0.4) is 0 Å². The van der Waals surface area contributed by atoms with Crippen molar-refractivity contribution in [2.24, 2.45) is 11.3 Å². The molecule has 102 valence electrons. The summed E-state index contributed by atoms with van der Waals surface area (Å²) < 4.78 is 0. The van der Waals surface area contributed by atoms with Gasteiger partial charge in [0, 0.05) is 19.5 Å². The van der Waals surface area contributed by atoms with Gasteiger partial charge in [-0.3, -0.25) is 9.59 Å². The molecule has 5 nitrogen and oxygen atoms in total. The summed E-state index contributed by atoms with van der Waals surface area (Å²) in [5, 5.41) is 12.5. The van der Waals surface area contributed by atoms with Gasteiger partial charge in [0.1, 0.15) is 0 Å². The maximum Gasteiger partial charge on any atom is 0.309 e. The first-order chi connectivity index (χ1) is 8.57. The minimum atomic E-state index is -0.708. The largest absolute Gasteiger partial charge is 0.481 e. The lowest BCUT2D eigenvalue weighted by Gasteiger charge is -2.39. The second-order valence-electron chi connectivity index (χ2n) is 5.55. The SMILES string of the molecule is CCC1(C(=O)O)CCN(C(=O)CC2CNC2)CC1. The number of hydrogen-bond acceptors (Lipinski definition) is 3. The normalized spacial score (nSPS) is 23.5. The molecular formula is C13H22N2O3. The molecule has 0 unspecified atom stereocenters. The molecule has 2 aliphatic rings. The van der Waals surface area contributed by atoms with Gasteiger partial charge in [-0.1, -0.05) is 6.92 Å². The fraction of sp³-hybridized carbons (Fsp3) is 0.846. The highest BCUT2D eigenvalue weighted by Crippen LogP contribution is 2.35. The van der Waals surface area contributed by atoms with Crippen LogP contribution in [-0.4, -0.2) is 48.1 Å². The van der Waals surface area contributed by atoms with Crippen LogP contribution in [0.2, 0.25) is 0 Å². The molecule has 2 N–H and O–H groups in total. The number of nitrogens with zero attached hydrogens (tertiary/aromatic N) is 1. The van der Waals surface area contributed by atoms with E-state index in [1.54, 1.807) is 0 Å². The van der Waals surface area contributed by atoms with Crippen LogP contribution in [0.15, 0.2) is 0 Å². The van der Waals surface area contributed by atoms with E-state index < -0.39 is 11.4 Å². The van der Waals surface area contributed by atoms with Crippen molar-refractivity contribution in [2.45, 2.75) is 32.6 Å². The summed E-state index contributed by atoms with van der Waals surface area (Å²) in [7, 11) is 0. The molecule has 0 aromatic carbocycles.